The van der Waals surface area contributed by atoms with Crippen molar-refractivity contribution in [1.29, 1.82) is 0 Å². The monoisotopic (exact) mass is 303 g/mol. The van der Waals surface area contributed by atoms with Crippen molar-refractivity contribution in [2.75, 3.05) is 6.61 Å². The minimum Gasteiger partial charge on any atom is -0.492 e. The van der Waals surface area contributed by atoms with Crippen molar-refractivity contribution in [3.63, 3.8) is 0 Å². The van der Waals surface area contributed by atoms with E-state index in [-0.39, 0.29) is 6.04 Å². The van der Waals surface area contributed by atoms with Gasteiger partial charge in [-0.25, -0.2) is 0 Å². The van der Waals surface area contributed by atoms with E-state index in [0.29, 0.717) is 6.61 Å². The molecule has 0 radical (unpaired) electrons. The van der Waals surface area contributed by atoms with E-state index in [2.05, 4.69) is 54.4 Å². The Balaban J connectivity index is 1.56. The zero-order valence-electron chi connectivity index (χ0n) is 13.1. The van der Waals surface area contributed by atoms with Gasteiger partial charge in [0, 0.05) is 11.8 Å². The van der Waals surface area contributed by atoms with Crippen molar-refractivity contribution in [2.24, 2.45) is 0 Å². The van der Waals surface area contributed by atoms with Crippen LogP contribution >= 0.6 is 0 Å². The minimum atomic E-state index is 0.162. The molecule has 3 rings (SSSR count). The lowest BCUT2D eigenvalue weighted by atomic mass is 10.1. The summed E-state index contributed by atoms with van der Waals surface area (Å²) in [5.41, 5.74) is 3.38. The summed E-state index contributed by atoms with van der Waals surface area (Å²) >= 11 is 0. The normalized spacial score (nSPS) is 17.1. The van der Waals surface area contributed by atoms with Gasteiger partial charge in [0.15, 0.2) is 0 Å². The molecule has 0 aromatic heterocycles. The van der Waals surface area contributed by atoms with Crippen LogP contribution < -0.4 is 5.32 Å². The second-order valence-electron chi connectivity index (χ2n) is 5.58. The van der Waals surface area contributed by atoms with Crippen LogP contribution in [0.3, 0.4) is 0 Å². The van der Waals surface area contributed by atoms with Gasteiger partial charge in [-0.2, -0.15) is 0 Å². The van der Waals surface area contributed by atoms with Crippen LogP contribution in [0.5, 0.6) is 0 Å². The molecule has 2 nitrogen and oxygen atoms in total. The number of ether oxygens (including phenoxy) is 1. The Morgan fingerprint density at radius 1 is 1.00 bits per heavy atom. The number of hydrogen-bond donors (Lipinski definition) is 1. The van der Waals surface area contributed by atoms with Crippen LogP contribution in [-0.2, 0) is 11.2 Å². The number of nitrogens with one attached hydrogen (secondary N) is 1. The van der Waals surface area contributed by atoms with Crippen LogP contribution in [0.2, 0.25) is 0 Å². The second-order valence-corrected chi connectivity index (χ2v) is 5.58. The average molecular weight is 303 g/mol. The van der Waals surface area contributed by atoms with E-state index in [4.69, 9.17) is 4.74 Å². The Kier molecular flexibility index (Phi) is 4.95. The molecule has 0 bridgehead atoms. The van der Waals surface area contributed by atoms with E-state index in [1.165, 1.54) is 11.1 Å². The standard InChI is InChI=1S/C21H21NO/c1-17-15-21(20(22-17)16-19-11-6-3-7-12-19)23-14-8-13-18-9-4-2-5-10-18/h2-13,15,20,22H,1,14,16H2/b13-8+/t20-/m0/s1. The van der Waals surface area contributed by atoms with E-state index in [9.17, 15) is 0 Å². The number of hydrogen-bond acceptors (Lipinski definition) is 2. The maximum absolute atomic E-state index is 5.93. The molecule has 23 heavy (non-hydrogen) atoms. The molecule has 0 spiro atoms. The fourth-order valence-electron chi connectivity index (χ4n) is 2.65. The highest BCUT2D eigenvalue weighted by Gasteiger charge is 2.22. The summed E-state index contributed by atoms with van der Waals surface area (Å²) in [7, 11) is 0. The molecule has 1 aliphatic rings. The maximum Gasteiger partial charge on any atom is 0.121 e. The Bertz CT molecular complexity index is 701. The fourth-order valence-corrected chi connectivity index (χ4v) is 2.65. The molecule has 1 N–H and O–H groups in total. The molecule has 0 unspecified atom stereocenters. The van der Waals surface area contributed by atoms with Gasteiger partial charge in [-0.15, -0.1) is 0 Å². The molecule has 0 amide bonds. The van der Waals surface area contributed by atoms with E-state index in [0.717, 1.165) is 17.9 Å². The van der Waals surface area contributed by atoms with Crippen LogP contribution in [0.1, 0.15) is 11.1 Å². The molecule has 116 valence electrons. The van der Waals surface area contributed by atoms with Crippen LogP contribution in [0.4, 0.5) is 0 Å². The predicted molar refractivity (Wildman–Crippen MR) is 95.7 cm³/mol. The molecule has 2 aromatic carbocycles. The summed E-state index contributed by atoms with van der Waals surface area (Å²) in [6.07, 6.45) is 7.00. The average Bonchev–Trinajstić information content (AvgIpc) is 2.93. The van der Waals surface area contributed by atoms with E-state index in [1.807, 2.05) is 36.4 Å². The molecule has 2 heteroatoms. The molecule has 0 aliphatic carbocycles. The van der Waals surface area contributed by atoms with E-state index in [1.54, 1.807) is 0 Å². The van der Waals surface area contributed by atoms with Crippen molar-refractivity contribution in [2.45, 2.75) is 12.5 Å². The third-order valence-corrected chi connectivity index (χ3v) is 3.76. The number of allylic oxidation sites excluding steroid dienone is 1. The van der Waals surface area contributed by atoms with E-state index < -0.39 is 0 Å². The molecule has 1 atom stereocenters. The van der Waals surface area contributed by atoms with Gasteiger partial charge in [-0.05, 0) is 23.6 Å². The highest BCUT2D eigenvalue weighted by Crippen LogP contribution is 2.20. The van der Waals surface area contributed by atoms with Gasteiger partial charge in [0.25, 0.3) is 0 Å². The number of benzene rings is 2. The molecular formula is C21H21NO. The first-order valence-electron chi connectivity index (χ1n) is 7.86. The van der Waals surface area contributed by atoms with Gasteiger partial charge in [0.05, 0.1) is 6.04 Å². The summed E-state index contributed by atoms with van der Waals surface area (Å²) < 4.78 is 5.93. The lowest BCUT2D eigenvalue weighted by molar-refractivity contribution is 0.225. The van der Waals surface area contributed by atoms with Crippen molar-refractivity contribution < 1.29 is 4.74 Å². The lowest BCUT2D eigenvalue weighted by Crippen LogP contribution is -2.27. The van der Waals surface area contributed by atoms with Crippen molar-refractivity contribution in [1.82, 2.24) is 5.32 Å². The minimum absolute atomic E-state index is 0.162. The van der Waals surface area contributed by atoms with Crippen LogP contribution in [0.25, 0.3) is 6.08 Å². The van der Waals surface area contributed by atoms with Crippen molar-refractivity contribution >= 4 is 6.08 Å². The van der Waals surface area contributed by atoms with Crippen LogP contribution in [-0.4, -0.2) is 12.6 Å². The highest BCUT2D eigenvalue weighted by molar-refractivity contribution is 5.48. The third kappa shape index (κ3) is 4.36. The largest absolute Gasteiger partial charge is 0.492 e. The summed E-state index contributed by atoms with van der Waals surface area (Å²) in [5, 5.41) is 3.37. The topological polar surface area (TPSA) is 21.3 Å². The summed E-state index contributed by atoms with van der Waals surface area (Å²) in [5.74, 6) is 0.955. The SMILES string of the molecule is C=C1C=C(OC/C=C/c2ccccc2)[C@H](Cc2ccccc2)N1. The third-order valence-electron chi connectivity index (χ3n) is 3.76. The highest BCUT2D eigenvalue weighted by atomic mass is 16.5. The molecular weight excluding hydrogens is 282 g/mol. The predicted octanol–water partition coefficient (Wildman–Crippen LogP) is 4.33. The Hall–Kier alpha value is -2.74. The van der Waals surface area contributed by atoms with Crippen LogP contribution in [0.15, 0.2) is 90.9 Å². The summed E-state index contributed by atoms with van der Waals surface area (Å²) in [4.78, 5) is 0. The molecule has 0 saturated carbocycles. The quantitative estimate of drug-likeness (QED) is 0.857. The van der Waals surface area contributed by atoms with E-state index >= 15 is 0 Å². The van der Waals surface area contributed by atoms with Gasteiger partial charge in [-0.1, -0.05) is 73.3 Å². The smallest absolute Gasteiger partial charge is 0.121 e. The first kappa shape index (κ1) is 15.2. The van der Waals surface area contributed by atoms with Crippen molar-refractivity contribution in [3.05, 3.63) is 102 Å². The molecule has 2 aromatic rings. The lowest BCUT2D eigenvalue weighted by Gasteiger charge is -2.16. The molecule has 1 heterocycles. The molecule has 0 fully saturated rings. The fraction of sp³-hybridized carbons (Fsp3) is 0.143. The van der Waals surface area contributed by atoms with Gasteiger partial charge in [0.1, 0.15) is 12.4 Å². The Morgan fingerprint density at radius 3 is 2.43 bits per heavy atom. The van der Waals surface area contributed by atoms with Crippen LogP contribution in [0, 0.1) is 0 Å². The number of rotatable bonds is 6. The Morgan fingerprint density at radius 2 is 1.70 bits per heavy atom. The van der Waals surface area contributed by atoms with Gasteiger partial charge >= 0.3 is 0 Å². The van der Waals surface area contributed by atoms with Gasteiger partial charge in [0.2, 0.25) is 0 Å². The zero-order chi connectivity index (χ0) is 15.9. The Labute approximate surface area is 137 Å². The van der Waals surface area contributed by atoms with Gasteiger partial charge in [-0.3, -0.25) is 0 Å². The maximum atomic E-state index is 5.93. The summed E-state index contributed by atoms with van der Waals surface area (Å²) in [6, 6.07) is 20.8. The van der Waals surface area contributed by atoms with Crippen molar-refractivity contribution in [3.8, 4) is 0 Å². The zero-order valence-corrected chi connectivity index (χ0v) is 13.1. The summed E-state index contributed by atoms with van der Waals surface area (Å²) in [6.45, 7) is 4.54. The first-order valence-corrected chi connectivity index (χ1v) is 7.86. The molecule has 1 aliphatic heterocycles. The van der Waals surface area contributed by atoms with Gasteiger partial charge < -0.3 is 10.1 Å². The first-order chi connectivity index (χ1) is 11.3. The second kappa shape index (κ2) is 7.50. The molecule has 0 saturated heterocycles.